The molecule has 5 rings (SSSR count). The van der Waals surface area contributed by atoms with Crippen molar-refractivity contribution in [1.82, 2.24) is 14.3 Å². The van der Waals surface area contributed by atoms with Crippen molar-refractivity contribution in [3.63, 3.8) is 0 Å². The fourth-order valence-electron chi connectivity index (χ4n) is 4.24. The Morgan fingerprint density at radius 2 is 2.25 bits per heavy atom. The van der Waals surface area contributed by atoms with Gasteiger partial charge in [-0.15, -0.1) is 0 Å². The lowest BCUT2D eigenvalue weighted by Crippen LogP contribution is -2.32. The topological polar surface area (TPSA) is 96.4 Å². The standard InChI is InChI=1S/C18H17FN4O4S/c1-8-6-27-16-13-10(15(25)12-17(26)21-28-18(12)23(8)13)4-11(19)14(16)22-3-2-9(5-22)20-7-24/h4,7-9H,2-3,5-6H2,1H3,(H,20,24)(H,21,26). The number of ether oxygens (including phenoxy) is 1. The van der Waals surface area contributed by atoms with Crippen LogP contribution < -0.4 is 25.9 Å². The van der Waals surface area contributed by atoms with E-state index >= 15 is 4.39 Å². The minimum atomic E-state index is -0.571. The predicted molar refractivity (Wildman–Crippen MR) is 104 cm³/mol. The maximum Gasteiger partial charge on any atom is 0.271 e. The first-order valence-corrected chi connectivity index (χ1v) is 9.82. The SMILES string of the molecule is CC1COc2c(N3CCC(NC=O)C3)c(F)cc3c(=O)c4c(=O)[nH]sc4n1c23. The number of H-pyrrole nitrogens is 1. The fraction of sp³-hybridized carbons (Fsp3) is 0.389. The van der Waals surface area contributed by atoms with Gasteiger partial charge in [-0.1, -0.05) is 0 Å². The summed E-state index contributed by atoms with van der Waals surface area (Å²) in [6, 6.07) is 1.01. The molecule has 2 N–H and O–H groups in total. The van der Waals surface area contributed by atoms with Gasteiger partial charge in [0, 0.05) is 19.1 Å². The Balaban J connectivity index is 1.83. The summed E-state index contributed by atoms with van der Waals surface area (Å²) >= 11 is 1.10. The molecule has 4 heterocycles. The highest BCUT2D eigenvalue weighted by atomic mass is 32.1. The van der Waals surface area contributed by atoms with Gasteiger partial charge in [-0.3, -0.25) is 18.8 Å². The molecule has 0 spiro atoms. The second-order valence-electron chi connectivity index (χ2n) is 7.22. The van der Waals surface area contributed by atoms with E-state index in [0.717, 1.165) is 11.5 Å². The number of nitrogens with zero attached hydrogens (tertiary/aromatic N) is 2. The summed E-state index contributed by atoms with van der Waals surface area (Å²) in [5, 5.41) is 2.92. The lowest BCUT2D eigenvalue weighted by atomic mass is 10.1. The van der Waals surface area contributed by atoms with Gasteiger partial charge in [-0.05, 0) is 30.9 Å². The molecule has 0 radical (unpaired) electrons. The molecule has 1 aromatic carbocycles. The van der Waals surface area contributed by atoms with Crippen LogP contribution in [0.3, 0.4) is 0 Å². The number of carbonyl (C=O) groups excluding carboxylic acids is 1. The Morgan fingerprint density at radius 3 is 3.04 bits per heavy atom. The molecule has 2 aliphatic heterocycles. The summed E-state index contributed by atoms with van der Waals surface area (Å²) in [7, 11) is 0. The molecule has 0 saturated carbocycles. The molecule has 28 heavy (non-hydrogen) atoms. The van der Waals surface area contributed by atoms with Crippen molar-refractivity contribution in [3.8, 4) is 5.75 Å². The molecular weight excluding hydrogens is 387 g/mol. The quantitative estimate of drug-likeness (QED) is 0.642. The van der Waals surface area contributed by atoms with Crippen molar-refractivity contribution in [2.24, 2.45) is 0 Å². The smallest absolute Gasteiger partial charge is 0.271 e. The Bertz CT molecular complexity index is 1250. The molecule has 0 bridgehead atoms. The number of aromatic nitrogens is 2. The molecule has 0 aliphatic carbocycles. The Labute approximate surface area is 161 Å². The van der Waals surface area contributed by atoms with Gasteiger partial charge in [-0.25, -0.2) is 4.39 Å². The molecule has 146 valence electrons. The molecule has 10 heteroatoms. The van der Waals surface area contributed by atoms with E-state index in [1.165, 1.54) is 6.07 Å². The van der Waals surface area contributed by atoms with E-state index in [1.54, 1.807) is 0 Å². The number of amides is 1. The van der Waals surface area contributed by atoms with Crippen LogP contribution in [0.1, 0.15) is 19.4 Å². The van der Waals surface area contributed by atoms with Gasteiger partial charge in [0.25, 0.3) is 5.56 Å². The van der Waals surface area contributed by atoms with E-state index in [0.29, 0.717) is 54.3 Å². The number of benzene rings is 1. The molecule has 3 aromatic rings. The highest BCUT2D eigenvalue weighted by Crippen LogP contribution is 2.44. The van der Waals surface area contributed by atoms with E-state index in [-0.39, 0.29) is 22.9 Å². The summed E-state index contributed by atoms with van der Waals surface area (Å²) in [6.07, 6.45) is 1.34. The van der Waals surface area contributed by atoms with Crippen molar-refractivity contribution in [2.45, 2.75) is 25.4 Å². The third-order valence-electron chi connectivity index (χ3n) is 5.51. The molecule has 2 aliphatic rings. The van der Waals surface area contributed by atoms with E-state index < -0.39 is 16.8 Å². The molecule has 1 saturated heterocycles. The van der Waals surface area contributed by atoms with Gasteiger partial charge in [0.05, 0.1) is 16.9 Å². The third-order valence-corrected chi connectivity index (χ3v) is 6.39. The molecule has 1 fully saturated rings. The van der Waals surface area contributed by atoms with Gasteiger partial charge >= 0.3 is 0 Å². The number of pyridine rings is 1. The summed E-state index contributed by atoms with van der Waals surface area (Å²) in [4.78, 5) is 38.2. The number of fused-ring (bicyclic) bond motifs is 2. The minimum Gasteiger partial charge on any atom is -0.487 e. The molecule has 2 unspecified atom stereocenters. The minimum absolute atomic E-state index is 0.0563. The number of rotatable bonds is 3. The van der Waals surface area contributed by atoms with Crippen molar-refractivity contribution >= 4 is 44.7 Å². The highest BCUT2D eigenvalue weighted by molar-refractivity contribution is 7.12. The number of hydrogen-bond donors (Lipinski definition) is 2. The number of aromatic amines is 1. The van der Waals surface area contributed by atoms with Gasteiger partial charge in [0.15, 0.2) is 11.6 Å². The lowest BCUT2D eigenvalue weighted by molar-refractivity contribution is -0.110. The second kappa shape index (κ2) is 6.06. The maximum atomic E-state index is 15.1. The Morgan fingerprint density at radius 1 is 1.43 bits per heavy atom. The first-order valence-electron chi connectivity index (χ1n) is 9.00. The van der Waals surface area contributed by atoms with E-state index in [9.17, 15) is 14.4 Å². The van der Waals surface area contributed by atoms with E-state index in [2.05, 4.69) is 9.69 Å². The zero-order valence-electron chi connectivity index (χ0n) is 15.0. The number of anilines is 1. The average molecular weight is 404 g/mol. The van der Waals surface area contributed by atoms with Crippen molar-refractivity contribution in [1.29, 1.82) is 0 Å². The number of halogens is 1. The van der Waals surface area contributed by atoms with Gasteiger partial charge in [-0.2, -0.15) is 0 Å². The van der Waals surface area contributed by atoms with Crippen molar-refractivity contribution in [2.75, 3.05) is 24.6 Å². The molecule has 2 aromatic heterocycles. The predicted octanol–water partition coefficient (Wildman–Crippen LogP) is 1.32. The van der Waals surface area contributed by atoms with Crippen molar-refractivity contribution < 1.29 is 13.9 Å². The zero-order valence-corrected chi connectivity index (χ0v) is 15.8. The average Bonchev–Trinajstić information content (AvgIpc) is 3.27. The van der Waals surface area contributed by atoms with Gasteiger partial charge in [0.2, 0.25) is 11.8 Å². The molecule has 2 atom stereocenters. The fourth-order valence-corrected chi connectivity index (χ4v) is 5.19. The Hall–Kier alpha value is -2.88. The van der Waals surface area contributed by atoms with Crippen LogP contribution in [0.4, 0.5) is 10.1 Å². The first-order chi connectivity index (χ1) is 13.5. The summed E-state index contributed by atoms with van der Waals surface area (Å²) < 4.78 is 25.6. The van der Waals surface area contributed by atoms with Crippen LogP contribution in [0.15, 0.2) is 15.7 Å². The molecular formula is C18H17FN4O4S. The van der Waals surface area contributed by atoms with Crippen LogP contribution in [0, 0.1) is 5.82 Å². The lowest BCUT2D eigenvalue weighted by Gasteiger charge is -2.31. The molecule has 1 amide bonds. The van der Waals surface area contributed by atoms with Crippen LogP contribution in [0.25, 0.3) is 21.1 Å². The number of hydrogen-bond acceptors (Lipinski definition) is 6. The highest BCUT2D eigenvalue weighted by Gasteiger charge is 2.33. The summed E-state index contributed by atoms with van der Waals surface area (Å²) in [6.45, 7) is 3.24. The molecule has 8 nitrogen and oxygen atoms in total. The summed E-state index contributed by atoms with van der Waals surface area (Å²) in [5.41, 5.74) is -0.141. The van der Waals surface area contributed by atoms with E-state index in [4.69, 9.17) is 4.74 Å². The van der Waals surface area contributed by atoms with Gasteiger partial charge in [0.1, 0.15) is 22.5 Å². The monoisotopic (exact) mass is 404 g/mol. The van der Waals surface area contributed by atoms with Crippen LogP contribution in [-0.2, 0) is 4.79 Å². The Kier molecular flexibility index (Phi) is 3.73. The van der Waals surface area contributed by atoms with Crippen molar-refractivity contribution in [3.05, 3.63) is 32.5 Å². The maximum absolute atomic E-state index is 15.1. The normalized spacial score (nSPS) is 21.3. The van der Waals surface area contributed by atoms with Crippen LogP contribution in [0.5, 0.6) is 5.75 Å². The number of carbonyl (C=O) groups is 1. The first kappa shape index (κ1) is 17.2. The van der Waals surface area contributed by atoms with Gasteiger partial charge < -0.3 is 19.5 Å². The zero-order chi connectivity index (χ0) is 19.6. The third kappa shape index (κ3) is 2.24. The largest absolute Gasteiger partial charge is 0.487 e. The number of nitrogens with one attached hydrogen (secondary N) is 2. The van der Waals surface area contributed by atoms with Crippen LogP contribution in [-0.4, -0.2) is 41.1 Å². The second-order valence-corrected chi connectivity index (χ2v) is 8.02. The van der Waals surface area contributed by atoms with Crippen LogP contribution >= 0.6 is 11.5 Å². The summed E-state index contributed by atoms with van der Waals surface area (Å²) in [5.74, 6) is -0.252. The van der Waals surface area contributed by atoms with E-state index in [1.807, 2.05) is 16.4 Å². The van der Waals surface area contributed by atoms with Crippen LogP contribution in [0.2, 0.25) is 0 Å².